The van der Waals surface area contributed by atoms with Crippen molar-refractivity contribution in [3.8, 4) is 22.5 Å². The first-order valence-electron chi connectivity index (χ1n) is 12.6. The number of rotatable bonds is 8. The molecule has 5 rings (SSSR count). The molecule has 0 aliphatic heterocycles. The number of nitrogen functional groups attached to an aromatic ring is 1. The molecule has 2 aliphatic rings. The van der Waals surface area contributed by atoms with E-state index in [1.165, 1.54) is 11.3 Å². The van der Waals surface area contributed by atoms with Crippen molar-refractivity contribution in [2.24, 2.45) is 0 Å². The first kappa shape index (κ1) is 25.4. The van der Waals surface area contributed by atoms with Crippen LogP contribution in [0, 0.1) is 6.92 Å². The van der Waals surface area contributed by atoms with Gasteiger partial charge in [-0.3, -0.25) is 5.10 Å². The number of aryl methyl sites for hydroxylation is 1. The van der Waals surface area contributed by atoms with Crippen LogP contribution in [0.1, 0.15) is 69.0 Å². The van der Waals surface area contributed by atoms with E-state index < -0.39 is 15.4 Å². The van der Waals surface area contributed by atoms with Gasteiger partial charge in [0.15, 0.2) is 9.84 Å². The van der Waals surface area contributed by atoms with Crippen LogP contribution < -0.4 is 11.1 Å². The topological polar surface area (TPSA) is 134 Å². The summed E-state index contributed by atoms with van der Waals surface area (Å²) in [7, 11) is -3.45. The number of H-pyrrole nitrogens is 1. The Hall–Kier alpha value is -2.27. The van der Waals surface area contributed by atoms with Gasteiger partial charge < -0.3 is 16.2 Å². The van der Waals surface area contributed by atoms with Gasteiger partial charge in [0, 0.05) is 35.3 Å². The highest BCUT2D eigenvalue weighted by Crippen LogP contribution is 2.46. The maximum atomic E-state index is 13.5. The van der Waals surface area contributed by atoms with Gasteiger partial charge >= 0.3 is 0 Å². The van der Waals surface area contributed by atoms with Gasteiger partial charge in [0.05, 0.1) is 27.2 Å². The fraction of sp³-hybridized carbons (Fsp3) is 0.538. The van der Waals surface area contributed by atoms with Crippen molar-refractivity contribution in [2.75, 3.05) is 12.3 Å². The maximum absolute atomic E-state index is 13.5. The summed E-state index contributed by atoms with van der Waals surface area (Å²) in [5.74, 6) is 0.218. The molecule has 2 fully saturated rings. The van der Waals surface area contributed by atoms with Crippen molar-refractivity contribution >= 4 is 26.9 Å². The lowest BCUT2D eigenvalue weighted by atomic mass is 9.86. The minimum atomic E-state index is -3.45. The molecule has 10 heteroatoms. The van der Waals surface area contributed by atoms with Crippen molar-refractivity contribution in [2.45, 2.75) is 86.3 Å². The predicted molar refractivity (Wildman–Crippen MR) is 144 cm³/mol. The summed E-state index contributed by atoms with van der Waals surface area (Å²) in [6.07, 6.45) is 5.21. The fourth-order valence-electron chi connectivity index (χ4n) is 4.88. The average Bonchev–Trinajstić information content (AvgIpc) is 3.47. The average molecular weight is 530 g/mol. The highest BCUT2D eigenvalue weighted by molar-refractivity contribution is 7.94. The molecular formula is C26H35N5O3S2. The number of sulfone groups is 1. The molecule has 0 bridgehead atoms. The molecule has 2 aromatic heterocycles. The minimum absolute atomic E-state index is 0.218. The molecule has 0 amide bonds. The molecule has 2 heterocycles. The smallest absolute Gasteiger partial charge is 0.192 e. The Morgan fingerprint density at radius 2 is 1.86 bits per heavy atom. The third kappa shape index (κ3) is 5.22. The zero-order valence-corrected chi connectivity index (χ0v) is 22.7. The zero-order chi connectivity index (χ0) is 25.7. The van der Waals surface area contributed by atoms with Gasteiger partial charge in [0.2, 0.25) is 0 Å². The third-order valence-electron chi connectivity index (χ3n) is 7.08. The molecule has 36 heavy (non-hydrogen) atoms. The first-order valence-corrected chi connectivity index (χ1v) is 15.0. The zero-order valence-electron chi connectivity index (χ0n) is 21.0. The number of benzene rings is 1. The van der Waals surface area contributed by atoms with Crippen LogP contribution in [-0.4, -0.2) is 52.1 Å². The molecule has 0 unspecified atom stereocenters. The van der Waals surface area contributed by atoms with Crippen LogP contribution in [0.4, 0.5) is 5.69 Å². The number of nitrogens with zero attached hydrogens (tertiary/aromatic N) is 2. The summed E-state index contributed by atoms with van der Waals surface area (Å²) < 4.78 is 27.3. The van der Waals surface area contributed by atoms with Crippen LogP contribution in [0.2, 0.25) is 0 Å². The molecule has 0 spiro atoms. The van der Waals surface area contributed by atoms with Gasteiger partial charge in [-0.1, -0.05) is 18.2 Å². The highest BCUT2D eigenvalue weighted by atomic mass is 32.2. The van der Waals surface area contributed by atoms with E-state index in [9.17, 15) is 13.5 Å². The Bertz CT molecular complexity index is 1340. The number of aromatic nitrogens is 3. The molecule has 2 aliphatic carbocycles. The number of aromatic amines is 1. The monoisotopic (exact) mass is 529 g/mol. The van der Waals surface area contributed by atoms with Crippen LogP contribution in [0.5, 0.6) is 0 Å². The lowest BCUT2D eigenvalue weighted by molar-refractivity contribution is 0.0742. The van der Waals surface area contributed by atoms with Crippen molar-refractivity contribution in [3.05, 3.63) is 35.0 Å². The highest BCUT2D eigenvalue weighted by Gasteiger charge is 2.41. The summed E-state index contributed by atoms with van der Waals surface area (Å²) >= 11 is 1.33. The number of aliphatic hydroxyl groups is 1. The lowest BCUT2D eigenvalue weighted by Gasteiger charge is -2.30. The fourth-order valence-corrected chi connectivity index (χ4v) is 8.47. The Morgan fingerprint density at radius 3 is 2.47 bits per heavy atom. The summed E-state index contributed by atoms with van der Waals surface area (Å²) in [4.78, 5) is 4.96. The summed E-state index contributed by atoms with van der Waals surface area (Å²) in [5.41, 5.74) is 9.92. The van der Waals surface area contributed by atoms with Crippen molar-refractivity contribution in [1.82, 2.24) is 20.5 Å². The quantitative estimate of drug-likeness (QED) is 0.318. The molecule has 0 radical (unpaired) electrons. The Labute approximate surface area is 216 Å². The molecule has 0 saturated heterocycles. The van der Waals surface area contributed by atoms with E-state index in [1.54, 1.807) is 13.8 Å². The second kappa shape index (κ2) is 9.55. The first-order chi connectivity index (χ1) is 17.0. The van der Waals surface area contributed by atoms with E-state index in [4.69, 9.17) is 10.7 Å². The van der Waals surface area contributed by atoms with Gasteiger partial charge in [-0.15, -0.1) is 11.3 Å². The Balaban J connectivity index is 1.47. The number of para-hydroxylation sites is 1. The summed E-state index contributed by atoms with van der Waals surface area (Å²) in [6.45, 7) is 6.09. The largest absolute Gasteiger partial charge is 0.398 e. The molecule has 194 valence electrons. The second-order valence-electron chi connectivity index (χ2n) is 10.9. The van der Waals surface area contributed by atoms with E-state index in [2.05, 4.69) is 15.5 Å². The van der Waals surface area contributed by atoms with E-state index in [0.717, 1.165) is 47.6 Å². The molecule has 1 aromatic carbocycles. The number of hydrogen-bond donors (Lipinski definition) is 4. The van der Waals surface area contributed by atoms with Gasteiger partial charge in [-0.2, -0.15) is 5.10 Å². The number of thiazole rings is 1. The van der Waals surface area contributed by atoms with Crippen LogP contribution >= 0.6 is 11.3 Å². The lowest BCUT2D eigenvalue weighted by Crippen LogP contribution is -2.42. The third-order valence-corrected chi connectivity index (χ3v) is 11.1. The van der Waals surface area contributed by atoms with Crippen molar-refractivity contribution < 1.29 is 13.5 Å². The number of anilines is 1. The van der Waals surface area contributed by atoms with E-state index in [1.807, 2.05) is 31.2 Å². The van der Waals surface area contributed by atoms with Crippen LogP contribution in [0.25, 0.3) is 22.5 Å². The number of hydrogen-bond acceptors (Lipinski definition) is 8. The van der Waals surface area contributed by atoms with Crippen LogP contribution in [0.15, 0.2) is 28.5 Å². The number of nitrogens with one attached hydrogen (secondary N) is 2. The Morgan fingerprint density at radius 1 is 1.17 bits per heavy atom. The minimum Gasteiger partial charge on any atom is -0.398 e. The molecular weight excluding hydrogens is 494 g/mol. The summed E-state index contributed by atoms with van der Waals surface area (Å²) in [6, 6.07) is 7.93. The van der Waals surface area contributed by atoms with Gasteiger partial charge in [-0.05, 0) is 65.4 Å². The standard InChI is InChI=1S/C26H35N5O3S2/c1-15-13-21(31-30-15)19-5-4-6-20(22(19)27)23-25(36(33,34)18-11-12-18)35-24(29-23)16-7-9-17(10-8-16)28-14-26(2,3)32/h4-6,13,16-18,28,32H,7-12,14,27H2,1-3H3,(H,30,31). The number of nitrogens with two attached hydrogens (primary N) is 1. The maximum Gasteiger partial charge on any atom is 0.192 e. The molecule has 8 nitrogen and oxygen atoms in total. The molecule has 3 aromatic rings. The second-order valence-corrected chi connectivity index (χ2v) is 14.3. The molecule has 2 saturated carbocycles. The van der Waals surface area contributed by atoms with E-state index in [-0.39, 0.29) is 11.2 Å². The Kier molecular flexibility index (Phi) is 6.74. The van der Waals surface area contributed by atoms with Gasteiger partial charge in [-0.25, -0.2) is 13.4 Å². The van der Waals surface area contributed by atoms with E-state index in [0.29, 0.717) is 46.6 Å². The van der Waals surface area contributed by atoms with E-state index >= 15 is 0 Å². The van der Waals surface area contributed by atoms with Crippen LogP contribution in [-0.2, 0) is 9.84 Å². The predicted octanol–water partition coefficient (Wildman–Crippen LogP) is 4.41. The van der Waals surface area contributed by atoms with Crippen molar-refractivity contribution in [3.63, 3.8) is 0 Å². The van der Waals surface area contributed by atoms with Crippen LogP contribution in [0.3, 0.4) is 0 Å². The normalized spacial score (nSPS) is 21.1. The van der Waals surface area contributed by atoms with Gasteiger partial charge in [0.25, 0.3) is 0 Å². The van der Waals surface area contributed by atoms with Gasteiger partial charge in [0.1, 0.15) is 9.90 Å². The molecule has 5 N–H and O–H groups in total. The molecule has 0 atom stereocenters. The summed E-state index contributed by atoms with van der Waals surface area (Å²) in [5, 5.41) is 21.3. The SMILES string of the molecule is Cc1cc(-c2cccc(-c3nc(C4CCC(NCC(C)(C)O)CC4)sc3S(=O)(=O)C3CC3)c2N)n[nH]1. The van der Waals surface area contributed by atoms with Crippen molar-refractivity contribution in [1.29, 1.82) is 0 Å².